The minimum atomic E-state index is -3.73. The van der Waals surface area contributed by atoms with Gasteiger partial charge in [-0.15, -0.1) is 0 Å². The lowest BCUT2D eigenvalue weighted by Gasteiger charge is -2.35. The van der Waals surface area contributed by atoms with Crippen molar-refractivity contribution < 1.29 is 22.7 Å². The fraction of sp³-hybridized carbons (Fsp3) is 0.440. The van der Waals surface area contributed by atoms with Gasteiger partial charge < -0.3 is 14.5 Å². The van der Waals surface area contributed by atoms with Crippen molar-refractivity contribution in [3.63, 3.8) is 0 Å². The molecule has 8 nitrogen and oxygen atoms in total. The monoisotopic (exact) mass is 483 g/mol. The Balaban J connectivity index is 1.26. The van der Waals surface area contributed by atoms with E-state index < -0.39 is 10.0 Å². The topological polar surface area (TPSA) is 87.2 Å². The summed E-state index contributed by atoms with van der Waals surface area (Å²) in [5, 5.41) is 0. The zero-order chi connectivity index (χ0) is 23.7. The van der Waals surface area contributed by atoms with Gasteiger partial charge in [0.05, 0.1) is 4.90 Å². The number of nitrogens with zero attached hydrogens (tertiary/aromatic N) is 3. The second-order valence-electron chi connectivity index (χ2n) is 9.00. The molecule has 2 aromatic rings. The van der Waals surface area contributed by atoms with E-state index in [4.69, 9.17) is 4.74 Å². The van der Waals surface area contributed by atoms with E-state index in [0.29, 0.717) is 57.9 Å². The standard InChI is InChI=1S/C25H29N3O5S/c29-24(26-12-14-27(15-13-26)25(30)23-9-4-16-33-23)20-7-3-8-22(17-20)34(31,32)28-11-10-19-5-1-2-6-21(19)18-28/h1-3,5-8,17,23H,4,9-16,18H2. The first-order chi connectivity index (χ1) is 16.4. The van der Waals surface area contributed by atoms with Crippen LogP contribution in [0.1, 0.15) is 34.3 Å². The smallest absolute Gasteiger partial charge is 0.254 e. The normalized spacial score (nSPS) is 21.4. The second kappa shape index (κ2) is 9.48. The van der Waals surface area contributed by atoms with E-state index in [0.717, 1.165) is 18.4 Å². The summed E-state index contributed by atoms with van der Waals surface area (Å²) in [6.45, 7) is 3.10. The highest BCUT2D eigenvalue weighted by Crippen LogP contribution is 2.26. The van der Waals surface area contributed by atoms with Gasteiger partial charge in [0.2, 0.25) is 10.0 Å². The molecule has 9 heteroatoms. The van der Waals surface area contributed by atoms with Crippen LogP contribution in [-0.2, 0) is 32.5 Å². The molecule has 2 amide bonds. The number of piperazine rings is 1. The molecule has 5 rings (SSSR count). The maximum atomic E-state index is 13.3. The Morgan fingerprint density at radius 1 is 0.882 bits per heavy atom. The summed E-state index contributed by atoms with van der Waals surface area (Å²) in [6.07, 6.45) is 1.97. The molecule has 180 valence electrons. The summed E-state index contributed by atoms with van der Waals surface area (Å²) in [6, 6.07) is 14.2. The largest absolute Gasteiger partial charge is 0.368 e. The Labute approximate surface area is 200 Å². The van der Waals surface area contributed by atoms with Gasteiger partial charge in [0.25, 0.3) is 11.8 Å². The summed E-state index contributed by atoms with van der Waals surface area (Å²) >= 11 is 0. The molecular weight excluding hydrogens is 454 g/mol. The molecule has 0 bridgehead atoms. The van der Waals surface area contributed by atoms with Crippen LogP contribution in [0.2, 0.25) is 0 Å². The summed E-state index contributed by atoms with van der Waals surface area (Å²) in [4.78, 5) is 29.3. The average Bonchev–Trinajstić information content (AvgIpc) is 3.43. The van der Waals surface area contributed by atoms with Crippen molar-refractivity contribution in [1.82, 2.24) is 14.1 Å². The molecule has 3 aliphatic heterocycles. The zero-order valence-electron chi connectivity index (χ0n) is 19.1. The number of carbonyl (C=O) groups is 2. The molecule has 0 radical (unpaired) electrons. The van der Waals surface area contributed by atoms with Crippen LogP contribution in [0.25, 0.3) is 0 Å². The first kappa shape index (κ1) is 23.0. The van der Waals surface area contributed by atoms with Gasteiger partial charge in [-0.25, -0.2) is 8.42 Å². The number of carbonyl (C=O) groups excluding carboxylic acids is 2. The number of rotatable bonds is 4. The Hall–Kier alpha value is -2.75. The van der Waals surface area contributed by atoms with Crippen molar-refractivity contribution >= 4 is 21.8 Å². The number of sulfonamides is 1. The minimum absolute atomic E-state index is 0.000736. The number of benzene rings is 2. The van der Waals surface area contributed by atoms with Gasteiger partial charge >= 0.3 is 0 Å². The number of hydrogen-bond acceptors (Lipinski definition) is 5. The van der Waals surface area contributed by atoms with Crippen LogP contribution in [0.5, 0.6) is 0 Å². The summed E-state index contributed by atoms with van der Waals surface area (Å²) in [5.74, 6) is -0.217. The quantitative estimate of drug-likeness (QED) is 0.663. The van der Waals surface area contributed by atoms with Crippen LogP contribution in [0, 0.1) is 0 Å². The van der Waals surface area contributed by atoms with Gasteiger partial charge in [0, 0.05) is 51.4 Å². The van der Waals surface area contributed by atoms with E-state index in [-0.39, 0.29) is 22.8 Å². The molecule has 0 aliphatic carbocycles. The van der Waals surface area contributed by atoms with Crippen LogP contribution in [0.3, 0.4) is 0 Å². The van der Waals surface area contributed by atoms with E-state index in [2.05, 4.69) is 0 Å². The number of fused-ring (bicyclic) bond motifs is 1. The third-order valence-electron chi connectivity index (χ3n) is 6.90. The molecule has 0 spiro atoms. The first-order valence-corrected chi connectivity index (χ1v) is 13.2. The fourth-order valence-electron chi connectivity index (χ4n) is 4.90. The lowest BCUT2D eigenvalue weighted by molar-refractivity contribution is -0.142. The van der Waals surface area contributed by atoms with Crippen molar-refractivity contribution in [3.05, 3.63) is 65.2 Å². The fourth-order valence-corrected chi connectivity index (χ4v) is 6.37. The average molecular weight is 484 g/mol. The Morgan fingerprint density at radius 3 is 2.35 bits per heavy atom. The molecule has 2 aromatic carbocycles. The maximum Gasteiger partial charge on any atom is 0.254 e. The maximum absolute atomic E-state index is 13.3. The highest BCUT2D eigenvalue weighted by molar-refractivity contribution is 7.89. The summed E-state index contributed by atoms with van der Waals surface area (Å²) in [7, 11) is -3.73. The zero-order valence-corrected chi connectivity index (χ0v) is 19.9. The molecule has 1 unspecified atom stereocenters. The summed E-state index contributed by atoms with van der Waals surface area (Å²) < 4.78 is 33.6. The minimum Gasteiger partial charge on any atom is -0.368 e. The lowest BCUT2D eigenvalue weighted by Crippen LogP contribution is -2.52. The number of hydrogen-bond donors (Lipinski definition) is 0. The Bertz CT molecular complexity index is 1180. The van der Waals surface area contributed by atoms with Crippen LogP contribution >= 0.6 is 0 Å². The molecule has 0 aromatic heterocycles. The van der Waals surface area contributed by atoms with Gasteiger partial charge in [-0.2, -0.15) is 4.31 Å². The van der Waals surface area contributed by atoms with E-state index in [1.807, 2.05) is 24.3 Å². The van der Waals surface area contributed by atoms with Crippen LogP contribution in [0.4, 0.5) is 0 Å². The third-order valence-corrected chi connectivity index (χ3v) is 8.74. The molecule has 3 heterocycles. The van der Waals surface area contributed by atoms with Gasteiger partial charge in [0.1, 0.15) is 6.10 Å². The molecule has 34 heavy (non-hydrogen) atoms. The van der Waals surface area contributed by atoms with Crippen LogP contribution < -0.4 is 0 Å². The molecule has 1 atom stereocenters. The van der Waals surface area contributed by atoms with E-state index in [1.165, 1.54) is 15.9 Å². The predicted octanol–water partition coefficient (Wildman–Crippen LogP) is 1.90. The SMILES string of the molecule is O=C(c1cccc(S(=O)(=O)N2CCc3ccccc3C2)c1)N1CCN(C(=O)C2CCCO2)CC1. The van der Waals surface area contributed by atoms with Gasteiger partial charge in [-0.1, -0.05) is 30.3 Å². The highest BCUT2D eigenvalue weighted by Gasteiger charge is 2.32. The van der Waals surface area contributed by atoms with Gasteiger partial charge in [-0.05, 0) is 48.6 Å². The summed E-state index contributed by atoms with van der Waals surface area (Å²) in [5.41, 5.74) is 2.53. The van der Waals surface area contributed by atoms with Gasteiger partial charge in [0.15, 0.2) is 0 Å². The Kier molecular flexibility index (Phi) is 6.42. The number of ether oxygens (including phenoxy) is 1. The van der Waals surface area contributed by atoms with Crippen LogP contribution in [-0.4, -0.2) is 79.8 Å². The van der Waals surface area contributed by atoms with Crippen molar-refractivity contribution in [2.75, 3.05) is 39.3 Å². The van der Waals surface area contributed by atoms with Crippen molar-refractivity contribution in [2.24, 2.45) is 0 Å². The van der Waals surface area contributed by atoms with Gasteiger partial charge in [-0.3, -0.25) is 9.59 Å². The van der Waals surface area contributed by atoms with E-state index >= 15 is 0 Å². The molecule has 0 N–H and O–H groups in total. The molecular formula is C25H29N3O5S. The molecule has 3 aliphatic rings. The molecule has 2 saturated heterocycles. The third kappa shape index (κ3) is 4.47. The second-order valence-corrected chi connectivity index (χ2v) is 10.9. The predicted molar refractivity (Wildman–Crippen MR) is 126 cm³/mol. The van der Waals surface area contributed by atoms with Crippen molar-refractivity contribution in [1.29, 1.82) is 0 Å². The number of amides is 2. The lowest BCUT2D eigenvalue weighted by atomic mass is 10.0. The van der Waals surface area contributed by atoms with E-state index in [1.54, 1.807) is 28.0 Å². The van der Waals surface area contributed by atoms with E-state index in [9.17, 15) is 18.0 Å². The van der Waals surface area contributed by atoms with Crippen molar-refractivity contribution in [2.45, 2.75) is 36.8 Å². The molecule has 0 saturated carbocycles. The Morgan fingerprint density at radius 2 is 1.62 bits per heavy atom. The first-order valence-electron chi connectivity index (χ1n) is 11.8. The molecule has 2 fully saturated rings. The highest BCUT2D eigenvalue weighted by atomic mass is 32.2. The van der Waals surface area contributed by atoms with Crippen molar-refractivity contribution in [3.8, 4) is 0 Å². The van der Waals surface area contributed by atoms with Crippen LogP contribution in [0.15, 0.2) is 53.4 Å².